The number of anilines is 1. The van der Waals surface area contributed by atoms with Crippen LogP contribution in [0.2, 0.25) is 0 Å². The second-order valence-corrected chi connectivity index (χ2v) is 17.0. The summed E-state index contributed by atoms with van der Waals surface area (Å²) >= 11 is 0. The molecule has 4 aromatic rings. The standard InChI is InChI=1S/C33H38N6O11S2/c1-19-14-22(52(46,47)37(6)7)11-13-27(19)38-32(41)23(31(50-38)33(3,4)5)18-49-29-17-28(48-8)26(16-25(29)34-20(2)40)36-35-24-12-10-21(39(42)43)15-30(24)51(9,44)45/h10-17H,18H2,1-9H3,(H,34,40). The summed E-state index contributed by atoms with van der Waals surface area (Å²) in [6, 6.07) is 10.2. The fourth-order valence-electron chi connectivity index (χ4n) is 4.96. The Morgan fingerprint density at radius 3 is 2.21 bits per heavy atom. The third-order valence-electron chi connectivity index (χ3n) is 7.53. The zero-order valence-corrected chi connectivity index (χ0v) is 31.5. The molecule has 1 aromatic heterocycles. The molecule has 19 heteroatoms. The Balaban J connectivity index is 1.77. The van der Waals surface area contributed by atoms with Crippen LogP contribution in [-0.2, 0) is 36.7 Å². The van der Waals surface area contributed by atoms with E-state index in [0.29, 0.717) is 17.0 Å². The molecule has 0 aliphatic carbocycles. The molecule has 0 fully saturated rings. The normalized spacial score (nSPS) is 12.3. The summed E-state index contributed by atoms with van der Waals surface area (Å²) in [5.41, 5.74) is -0.791. The Morgan fingerprint density at radius 2 is 1.67 bits per heavy atom. The number of aromatic nitrogens is 1. The van der Waals surface area contributed by atoms with Crippen molar-refractivity contribution < 1.29 is 40.6 Å². The van der Waals surface area contributed by atoms with Gasteiger partial charge in [-0.15, -0.1) is 15.0 Å². The van der Waals surface area contributed by atoms with Crippen LogP contribution in [0.3, 0.4) is 0 Å². The highest BCUT2D eigenvalue weighted by Crippen LogP contribution is 2.40. The Morgan fingerprint density at radius 1 is 1.02 bits per heavy atom. The first-order chi connectivity index (χ1) is 24.1. The number of nitrogens with one attached hydrogen (secondary N) is 1. The molecule has 4 rings (SSSR count). The minimum atomic E-state index is -3.95. The quantitative estimate of drug-likeness (QED) is 0.107. The first kappa shape index (κ1) is 39.4. The van der Waals surface area contributed by atoms with Gasteiger partial charge in [0.25, 0.3) is 11.2 Å². The van der Waals surface area contributed by atoms with E-state index in [1.165, 1.54) is 58.5 Å². The van der Waals surface area contributed by atoms with Gasteiger partial charge >= 0.3 is 0 Å². The second kappa shape index (κ2) is 14.7. The highest BCUT2D eigenvalue weighted by Gasteiger charge is 2.30. The molecule has 3 aromatic carbocycles. The van der Waals surface area contributed by atoms with Crippen LogP contribution < -0.4 is 20.3 Å². The molecule has 1 N–H and O–H groups in total. The third-order valence-corrected chi connectivity index (χ3v) is 10.5. The van der Waals surface area contributed by atoms with Crippen molar-refractivity contribution in [2.24, 2.45) is 10.2 Å². The highest BCUT2D eigenvalue weighted by molar-refractivity contribution is 7.91. The number of aryl methyl sites for hydroxylation is 1. The Hall–Kier alpha value is -5.40. The van der Waals surface area contributed by atoms with E-state index in [1.807, 2.05) is 20.8 Å². The number of rotatable bonds is 12. The number of ether oxygens (including phenoxy) is 2. The van der Waals surface area contributed by atoms with Gasteiger partial charge in [0.15, 0.2) is 15.6 Å². The van der Waals surface area contributed by atoms with Gasteiger partial charge in [-0.2, -0.15) is 0 Å². The number of sulfonamides is 1. The number of benzene rings is 3. The topological polar surface area (TPSA) is 222 Å². The van der Waals surface area contributed by atoms with E-state index in [1.54, 1.807) is 6.92 Å². The van der Waals surface area contributed by atoms with Gasteiger partial charge in [-0.05, 0) is 42.8 Å². The van der Waals surface area contributed by atoms with Crippen LogP contribution in [-0.4, -0.2) is 64.2 Å². The van der Waals surface area contributed by atoms with Crippen molar-refractivity contribution in [3.63, 3.8) is 0 Å². The van der Waals surface area contributed by atoms with Gasteiger partial charge in [0.1, 0.15) is 34.4 Å². The lowest BCUT2D eigenvalue weighted by Gasteiger charge is -2.17. The SMILES string of the molecule is COc1cc(OCc2c(C(C)(C)C)on(-c3ccc(S(=O)(=O)N(C)C)cc3C)c2=O)c(NC(C)=O)cc1N=Nc1ccc([N+](=O)[O-])cc1S(C)(=O)=O. The fourth-order valence-corrected chi connectivity index (χ4v) is 6.77. The summed E-state index contributed by atoms with van der Waals surface area (Å²) in [5.74, 6) is -0.0340. The third kappa shape index (κ3) is 8.38. The van der Waals surface area contributed by atoms with E-state index in [9.17, 15) is 36.5 Å². The number of carbonyl (C=O) groups is 1. The molecule has 0 atom stereocenters. The number of azo groups is 1. The first-order valence-corrected chi connectivity index (χ1v) is 18.7. The van der Waals surface area contributed by atoms with Crippen LogP contribution >= 0.6 is 0 Å². The minimum Gasteiger partial charge on any atom is -0.494 e. The number of nitro benzene ring substituents is 1. The maximum absolute atomic E-state index is 13.9. The number of hydrogen-bond donors (Lipinski definition) is 1. The lowest BCUT2D eigenvalue weighted by atomic mass is 9.91. The first-order valence-electron chi connectivity index (χ1n) is 15.4. The molecule has 1 heterocycles. The molecule has 0 saturated heterocycles. The molecule has 0 unspecified atom stereocenters. The molecule has 0 spiro atoms. The minimum absolute atomic E-state index is 0.0349. The molecule has 0 radical (unpaired) electrons. The van der Waals surface area contributed by atoms with E-state index >= 15 is 0 Å². The number of carbonyl (C=O) groups excluding carboxylic acids is 1. The van der Waals surface area contributed by atoms with Crippen molar-refractivity contribution in [3.05, 3.63) is 85.9 Å². The van der Waals surface area contributed by atoms with Crippen LogP contribution in [0.5, 0.6) is 11.5 Å². The van der Waals surface area contributed by atoms with Gasteiger partial charge in [0.2, 0.25) is 15.9 Å². The summed E-state index contributed by atoms with van der Waals surface area (Å²) in [4.78, 5) is 36.2. The molecular formula is C33H38N6O11S2. The van der Waals surface area contributed by atoms with E-state index in [2.05, 4.69) is 15.5 Å². The van der Waals surface area contributed by atoms with Crippen molar-refractivity contribution in [1.82, 2.24) is 9.05 Å². The van der Waals surface area contributed by atoms with Crippen molar-refractivity contribution >= 4 is 48.5 Å². The van der Waals surface area contributed by atoms with Crippen molar-refractivity contribution in [1.29, 1.82) is 0 Å². The van der Waals surface area contributed by atoms with Gasteiger partial charge in [0.05, 0.1) is 33.9 Å². The van der Waals surface area contributed by atoms with E-state index in [0.717, 1.165) is 33.5 Å². The molecular weight excluding hydrogens is 721 g/mol. The number of non-ortho nitro benzene ring substituents is 1. The number of nitro groups is 1. The van der Waals surface area contributed by atoms with E-state index in [4.69, 9.17) is 14.0 Å². The van der Waals surface area contributed by atoms with E-state index < -0.39 is 52.2 Å². The van der Waals surface area contributed by atoms with Crippen LogP contribution in [0, 0.1) is 17.0 Å². The van der Waals surface area contributed by atoms with E-state index in [-0.39, 0.29) is 45.6 Å². The smallest absolute Gasteiger partial charge is 0.294 e. The van der Waals surface area contributed by atoms with Gasteiger partial charge in [-0.3, -0.25) is 19.7 Å². The molecule has 52 heavy (non-hydrogen) atoms. The zero-order valence-electron chi connectivity index (χ0n) is 29.9. The average molecular weight is 759 g/mol. The summed E-state index contributed by atoms with van der Waals surface area (Å²) in [6.07, 6.45) is 0.877. The number of nitrogens with zero attached hydrogens (tertiary/aromatic N) is 5. The van der Waals surface area contributed by atoms with Crippen LogP contribution in [0.15, 0.2) is 77.9 Å². The molecule has 1 amide bonds. The average Bonchev–Trinajstić information content (AvgIpc) is 3.38. The number of amides is 1. The van der Waals surface area contributed by atoms with Gasteiger partial charge in [0, 0.05) is 50.9 Å². The molecule has 0 aliphatic rings. The monoisotopic (exact) mass is 758 g/mol. The van der Waals surface area contributed by atoms with Crippen LogP contribution in [0.1, 0.15) is 44.6 Å². The largest absolute Gasteiger partial charge is 0.494 e. The Kier molecular flexibility index (Phi) is 11.1. The zero-order chi connectivity index (χ0) is 38.9. The highest BCUT2D eigenvalue weighted by atomic mass is 32.2. The molecule has 17 nitrogen and oxygen atoms in total. The maximum atomic E-state index is 13.9. The maximum Gasteiger partial charge on any atom is 0.294 e. The molecule has 0 aliphatic heterocycles. The van der Waals surface area contributed by atoms with Crippen molar-refractivity contribution in [3.8, 4) is 17.2 Å². The van der Waals surface area contributed by atoms with Crippen molar-refractivity contribution in [2.45, 2.75) is 56.4 Å². The molecule has 0 saturated carbocycles. The summed E-state index contributed by atoms with van der Waals surface area (Å²) < 4.78 is 70.0. The summed E-state index contributed by atoms with van der Waals surface area (Å²) in [6.45, 7) is 8.10. The Bertz CT molecular complexity index is 2370. The summed E-state index contributed by atoms with van der Waals surface area (Å²) in [7, 11) is -3.52. The number of sulfone groups is 1. The lowest BCUT2D eigenvalue weighted by molar-refractivity contribution is -0.385. The number of hydrogen-bond acceptors (Lipinski definition) is 13. The number of methoxy groups -OCH3 is 1. The molecule has 0 bridgehead atoms. The van der Waals surface area contributed by atoms with Gasteiger partial charge < -0.3 is 19.3 Å². The predicted octanol–water partition coefficient (Wildman–Crippen LogP) is 5.56. The fraction of sp³-hybridized carbons (Fsp3) is 0.333. The van der Waals surface area contributed by atoms with Crippen molar-refractivity contribution in [2.75, 3.05) is 32.8 Å². The van der Waals surface area contributed by atoms with Gasteiger partial charge in [-0.1, -0.05) is 20.8 Å². The van der Waals surface area contributed by atoms with Gasteiger partial charge in [-0.25, -0.2) is 21.1 Å². The second-order valence-electron chi connectivity index (χ2n) is 12.9. The summed E-state index contributed by atoms with van der Waals surface area (Å²) in [5, 5.41) is 22.0. The lowest BCUT2D eigenvalue weighted by Crippen LogP contribution is -2.23. The predicted molar refractivity (Wildman–Crippen MR) is 191 cm³/mol. The Labute approximate surface area is 300 Å². The molecule has 278 valence electrons. The van der Waals surface area contributed by atoms with Crippen LogP contribution in [0.25, 0.3) is 5.69 Å². The van der Waals surface area contributed by atoms with Crippen LogP contribution in [0.4, 0.5) is 22.7 Å².